The van der Waals surface area contributed by atoms with Gasteiger partial charge in [-0.3, -0.25) is 15.1 Å². The molecule has 0 saturated carbocycles. The molecule has 0 saturated heterocycles. The first-order chi connectivity index (χ1) is 8.58. The third-order valence-corrected chi connectivity index (χ3v) is 3.68. The van der Waals surface area contributed by atoms with Gasteiger partial charge < -0.3 is 5.32 Å². The summed E-state index contributed by atoms with van der Waals surface area (Å²) in [6.45, 7) is 1.97. The van der Waals surface area contributed by atoms with E-state index < -0.39 is 4.92 Å². The number of aromatic nitrogens is 1. The maximum atomic E-state index is 10.8. The number of nitro benzene ring substituents is 1. The molecule has 0 aliphatic carbocycles. The zero-order valence-electron chi connectivity index (χ0n) is 9.46. The zero-order chi connectivity index (χ0) is 13.1. The molecule has 0 amide bonds. The summed E-state index contributed by atoms with van der Waals surface area (Å²) >= 11 is 7.28. The van der Waals surface area contributed by atoms with Crippen molar-refractivity contribution in [2.75, 3.05) is 5.32 Å². The number of hydrogen-bond acceptors (Lipinski definition) is 5. The lowest BCUT2D eigenvalue weighted by Crippen LogP contribution is -2.05. The van der Waals surface area contributed by atoms with E-state index in [1.54, 1.807) is 17.8 Å². The Morgan fingerprint density at radius 2 is 2.33 bits per heavy atom. The monoisotopic (exact) mass is 283 g/mol. The van der Waals surface area contributed by atoms with Crippen LogP contribution in [0.3, 0.4) is 0 Å². The molecule has 1 aromatic heterocycles. The van der Waals surface area contributed by atoms with Crippen LogP contribution in [0.25, 0.3) is 0 Å². The number of nitrogens with one attached hydrogen (secondary N) is 1. The molecule has 1 heterocycles. The van der Waals surface area contributed by atoms with E-state index in [1.807, 2.05) is 6.92 Å². The topological polar surface area (TPSA) is 68.1 Å². The number of nitrogens with zero attached hydrogens (tertiary/aromatic N) is 2. The summed E-state index contributed by atoms with van der Waals surface area (Å²) < 4.78 is 0. The minimum absolute atomic E-state index is 0.0401. The van der Waals surface area contributed by atoms with Crippen LogP contribution < -0.4 is 5.32 Å². The Balaban J connectivity index is 2.20. The van der Waals surface area contributed by atoms with Gasteiger partial charge in [-0.05, 0) is 19.1 Å². The van der Waals surface area contributed by atoms with Gasteiger partial charge in [0.25, 0.3) is 5.69 Å². The van der Waals surface area contributed by atoms with E-state index in [-0.39, 0.29) is 16.8 Å². The highest BCUT2D eigenvalue weighted by Crippen LogP contribution is 2.29. The van der Waals surface area contributed by atoms with Gasteiger partial charge in [-0.2, -0.15) is 0 Å². The van der Waals surface area contributed by atoms with E-state index in [1.165, 1.54) is 23.5 Å². The molecule has 5 nitrogen and oxygen atoms in total. The van der Waals surface area contributed by atoms with Crippen molar-refractivity contribution in [3.05, 3.63) is 49.9 Å². The third kappa shape index (κ3) is 2.77. The van der Waals surface area contributed by atoms with Gasteiger partial charge in [-0.15, -0.1) is 11.3 Å². The van der Waals surface area contributed by atoms with Crippen LogP contribution in [0.1, 0.15) is 17.8 Å². The average Bonchev–Trinajstić information content (AvgIpc) is 2.85. The zero-order valence-corrected chi connectivity index (χ0v) is 11.0. The quantitative estimate of drug-likeness (QED) is 0.683. The van der Waals surface area contributed by atoms with E-state index in [9.17, 15) is 10.1 Å². The Morgan fingerprint density at radius 3 is 2.94 bits per heavy atom. The molecule has 94 valence electrons. The number of thiazole rings is 1. The second kappa shape index (κ2) is 5.32. The molecular formula is C11H10ClN3O2S. The third-order valence-electron chi connectivity index (χ3n) is 2.40. The van der Waals surface area contributed by atoms with Crippen molar-refractivity contribution in [2.24, 2.45) is 0 Å². The SMILES string of the molecule is CC(Nc1ccc(Cl)c([N+](=O)[O-])c1)c1cncs1. The molecule has 0 radical (unpaired) electrons. The summed E-state index contributed by atoms with van der Waals surface area (Å²) in [5, 5.41) is 14.1. The highest BCUT2D eigenvalue weighted by Gasteiger charge is 2.14. The van der Waals surface area contributed by atoms with Crippen molar-refractivity contribution in [1.82, 2.24) is 4.98 Å². The van der Waals surface area contributed by atoms with Crippen molar-refractivity contribution in [3.8, 4) is 0 Å². The Bertz CT molecular complexity index is 559. The highest BCUT2D eigenvalue weighted by molar-refractivity contribution is 7.09. The van der Waals surface area contributed by atoms with Crippen LogP contribution in [0.5, 0.6) is 0 Å². The fourth-order valence-corrected chi connectivity index (χ4v) is 2.32. The van der Waals surface area contributed by atoms with Crippen molar-refractivity contribution in [2.45, 2.75) is 13.0 Å². The Kier molecular flexibility index (Phi) is 3.78. The Hall–Kier alpha value is -1.66. The molecule has 18 heavy (non-hydrogen) atoms. The number of nitro groups is 1. The molecule has 7 heteroatoms. The molecule has 1 atom stereocenters. The minimum Gasteiger partial charge on any atom is -0.377 e. The fraction of sp³-hybridized carbons (Fsp3) is 0.182. The lowest BCUT2D eigenvalue weighted by Gasteiger charge is -2.13. The van der Waals surface area contributed by atoms with Crippen LogP contribution in [0.4, 0.5) is 11.4 Å². The van der Waals surface area contributed by atoms with Crippen LogP contribution in [0.2, 0.25) is 5.02 Å². The molecule has 0 aliphatic heterocycles. The molecular weight excluding hydrogens is 274 g/mol. The summed E-state index contributed by atoms with van der Waals surface area (Å²) in [6, 6.07) is 4.70. The Morgan fingerprint density at radius 1 is 1.56 bits per heavy atom. The summed E-state index contributed by atoms with van der Waals surface area (Å²) in [4.78, 5) is 15.3. The largest absolute Gasteiger partial charge is 0.377 e. The normalized spacial score (nSPS) is 12.1. The summed E-state index contributed by atoms with van der Waals surface area (Å²) in [5.41, 5.74) is 2.31. The molecule has 0 bridgehead atoms. The van der Waals surface area contributed by atoms with Crippen LogP contribution in [-0.4, -0.2) is 9.91 Å². The lowest BCUT2D eigenvalue weighted by molar-refractivity contribution is -0.384. The average molecular weight is 284 g/mol. The highest BCUT2D eigenvalue weighted by atomic mass is 35.5. The van der Waals surface area contributed by atoms with Gasteiger partial charge in [0.15, 0.2) is 0 Å². The van der Waals surface area contributed by atoms with Crippen molar-refractivity contribution in [3.63, 3.8) is 0 Å². The van der Waals surface area contributed by atoms with Crippen molar-refractivity contribution in [1.29, 1.82) is 0 Å². The molecule has 2 aromatic rings. The number of halogens is 1. The summed E-state index contributed by atoms with van der Waals surface area (Å²) in [7, 11) is 0. The number of hydrogen-bond donors (Lipinski definition) is 1. The predicted octanol–water partition coefficient (Wildman–Crippen LogP) is 3.88. The van der Waals surface area contributed by atoms with E-state index in [0.717, 1.165) is 4.88 Å². The minimum atomic E-state index is -0.495. The van der Waals surface area contributed by atoms with Gasteiger partial charge in [-0.25, -0.2) is 0 Å². The first-order valence-corrected chi connectivity index (χ1v) is 6.42. The van der Waals surface area contributed by atoms with Crippen LogP contribution in [0, 0.1) is 10.1 Å². The maximum absolute atomic E-state index is 10.8. The van der Waals surface area contributed by atoms with Crippen LogP contribution >= 0.6 is 22.9 Å². The first kappa shape index (κ1) is 12.8. The molecule has 0 spiro atoms. The smallest absolute Gasteiger partial charge is 0.289 e. The molecule has 1 N–H and O–H groups in total. The number of anilines is 1. The summed E-state index contributed by atoms with van der Waals surface area (Å²) in [5.74, 6) is 0. The predicted molar refractivity (Wildman–Crippen MR) is 72.3 cm³/mol. The number of rotatable bonds is 4. The first-order valence-electron chi connectivity index (χ1n) is 5.17. The maximum Gasteiger partial charge on any atom is 0.289 e. The lowest BCUT2D eigenvalue weighted by atomic mass is 10.2. The molecule has 1 unspecified atom stereocenters. The number of benzene rings is 1. The summed E-state index contributed by atoms with van der Waals surface area (Å²) in [6.07, 6.45) is 1.77. The van der Waals surface area contributed by atoms with Crippen molar-refractivity contribution < 1.29 is 4.92 Å². The van der Waals surface area contributed by atoms with Crippen LogP contribution in [0.15, 0.2) is 29.9 Å². The van der Waals surface area contributed by atoms with E-state index in [0.29, 0.717) is 5.69 Å². The van der Waals surface area contributed by atoms with E-state index in [4.69, 9.17) is 11.6 Å². The van der Waals surface area contributed by atoms with Gasteiger partial charge >= 0.3 is 0 Å². The van der Waals surface area contributed by atoms with Gasteiger partial charge in [0, 0.05) is 22.8 Å². The fourth-order valence-electron chi connectivity index (χ4n) is 1.50. The van der Waals surface area contributed by atoms with Crippen molar-refractivity contribution >= 4 is 34.3 Å². The van der Waals surface area contributed by atoms with Crippen LogP contribution in [-0.2, 0) is 0 Å². The van der Waals surface area contributed by atoms with Gasteiger partial charge in [0.2, 0.25) is 0 Å². The second-order valence-corrected chi connectivity index (χ2v) is 5.02. The molecule has 2 rings (SSSR count). The Labute approximate surface area is 113 Å². The van der Waals surface area contributed by atoms with Gasteiger partial charge in [-0.1, -0.05) is 11.6 Å². The van der Waals surface area contributed by atoms with Gasteiger partial charge in [0.1, 0.15) is 5.02 Å². The van der Waals surface area contributed by atoms with E-state index >= 15 is 0 Å². The van der Waals surface area contributed by atoms with E-state index in [2.05, 4.69) is 10.3 Å². The van der Waals surface area contributed by atoms with Gasteiger partial charge in [0.05, 0.1) is 16.5 Å². The second-order valence-electron chi connectivity index (χ2n) is 3.69. The molecule has 1 aromatic carbocycles. The molecule has 0 aliphatic rings. The molecule has 0 fully saturated rings. The standard InChI is InChI=1S/C11H10ClN3O2S/c1-7(11-5-13-6-18-11)14-8-2-3-9(12)10(4-8)15(16)17/h2-7,14H,1H3.